The summed E-state index contributed by atoms with van der Waals surface area (Å²) in [6, 6.07) is 9.04. The third-order valence-electron chi connectivity index (χ3n) is 5.05. The Morgan fingerprint density at radius 2 is 1.87 bits per heavy atom. The number of likely N-dealkylation sites (tertiary alicyclic amines) is 1. The van der Waals surface area contributed by atoms with Gasteiger partial charge < -0.3 is 25.2 Å². The summed E-state index contributed by atoms with van der Waals surface area (Å²) in [4.78, 5) is 20.4. The highest BCUT2D eigenvalue weighted by molar-refractivity contribution is 14.0. The molecule has 0 unspecified atom stereocenters. The molecule has 1 aliphatic heterocycles. The number of hydrogen-bond donors (Lipinski definition) is 2. The molecular weight excluding hydrogens is 493 g/mol. The predicted molar refractivity (Wildman–Crippen MR) is 135 cm³/mol. The zero-order chi connectivity index (χ0) is 21.1. The zero-order valence-corrected chi connectivity index (χ0v) is 21.1. The van der Waals surface area contributed by atoms with Gasteiger partial charge in [0.2, 0.25) is 0 Å². The second-order valence-corrected chi connectivity index (χ2v) is 7.53. The first-order valence-corrected chi connectivity index (χ1v) is 10.8. The molecule has 8 heteroatoms. The van der Waals surface area contributed by atoms with Gasteiger partial charge in [0.15, 0.2) is 5.96 Å². The lowest BCUT2D eigenvalue weighted by molar-refractivity contribution is 0.0963. The van der Waals surface area contributed by atoms with E-state index in [4.69, 9.17) is 9.73 Å². The number of piperidine rings is 1. The fraction of sp³-hybridized carbons (Fsp3) is 0.636. The van der Waals surface area contributed by atoms with Crippen LogP contribution in [0.4, 0.5) is 10.5 Å². The molecule has 0 bridgehead atoms. The van der Waals surface area contributed by atoms with Crippen molar-refractivity contribution in [2.24, 2.45) is 4.99 Å². The Balaban J connectivity index is 0.00000450. The second kappa shape index (κ2) is 14.3. The number of benzene rings is 1. The van der Waals surface area contributed by atoms with Gasteiger partial charge in [0.1, 0.15) is 0 Å². The van der Waals surface area contributed by atoms with Crippen LogP contribution in [0.5, 0.6) is 0 Å². The van der Waals surface area contributed by atoms with Crippen LogP contribution in [0.3, 0.4) is 0 Å². The van der Waals surface area contributed by atoms with Gasteiger partial charge in [0.05, 0.1) is 6.61 Å². The summed E-state index contributed by atoms with van der Waals surface area (Å²) in [6.45, 7) is 7.40. The van der Waals surface area contributed by atoms with Crippen molar-refractivity contribution in [2.75, 3.05) is 51.8 Å². The highest BCUT2D eigenvalue weighted by atomic mass is 127. The van der Waals surface area contributed by atoms with Crippen LogP contribution in [-0.2, 0) is 11.2 Å². The van der Waals surface area contributed by atoms with E-state index in [0.29, 0.717) is 12.6 Å². The number of guanidine groups is 1. The van der Waals surface area contributed by atoms with E-state index in [1.807, 2.05) is 6.92 Å². The van der Waals surface area contributed by atoms with Crippen molar-refractivity contribution in [3.8, 4) is 0 Å². The molecule has 0 atom stereocenters. The Morgan fingerprint density at radius 3 is 2.43 bits per heavy atom. The lowest BCUT2D eigenvalue weighted by Crippen LogP contribution is -2.49. The minimum atomic E-state index is -0.204. The van der Waals surface area contributed by atoms with Gasteiger partial charge in [-0.2, -0.15) is 0 Å². The van der Waals surface area contributed by atoms with Crippen molar-refractivity contribution in [1.29, 1.82) is 0 Å². The van der Waals surface area contributed by atoms with Crippen LogP contribution in [0, 0.1) is 0 Å². The van der Waals surface area contributed by atoms with Gasteiger partial charge in [0.25, 0.3) is 0 Å². The van der Waals surface area contributed by atoms with Crippen molar-refractivity contribution in [2.45, 2.75) is 45.6 Å². The number of carbonyl (C=O) groups excluding carboxylic acids is 1. The SMILES string of the molecule is CCNC(=NCCCc1ccc(N(C)C)cc1)NC1CCN(C(=O)OCC)CC1.I. The van der Waals surface area contributed by atoms with Crippen molar-refractivity contribution < 1.29 is 9.53 Å². The molecule has 0 radical (unpaired) electrons. The number of nitrogens with zero attached hydrogens (tertiary/aromatic N) is 3. The van der Waals surface area contributed by atoms with E-state index >= 15 is 0 Å². The number of hydrogen-bond acceptors (Lipinski definition) is 4. The summed E-state index contributed by atoms with van der Waals surface area (Å²) < 4.78 is 5.08. The van der Waals surface area contributed by atoms with Gasteiger partial charge in [0, 0.05) is 52.0 Å². The molecule has 1 heterocycles. The van der Waals surface area contributed by atoms with Crippen molar-refractivity contribution >= 4 is 41.7 Å². The van der Waals surface area contributed by atoms with Gasteiger partial charge in [-0.15, -0.1) is 24.0 Å². The van der Waals surface area contributed by atoms with E-state index in [0.717, 1.165) is 57.8 Å². The van der Waals surface area contributed by atoms with E-state index < -0.39 is 0 Å². The predicted octanol–water partition coefficient (Wildman–Crippen LogP) is 3.48. The molecule has 7 nitrogen and oxygen atoms in total. The standard InChI is InChI=1S/C22H37N5O2.HI/c1-5-23-21(25-19-13-16-27(17-14-19)22(28)29-6-2)24-15-7-8-18-9-11-20(12-10-18)26(3)4;/h9-12,19H,5-8,13-17H2,1-4H3,(H2,23,24,25);1H. The molecule has 0 saturated carbocycles. The normalized spacial score (nSPS) is 14.7. The third kappa shape index (κ3) is 8.97. The fourth-order valence-electron chi connectivity index (χ4n) is 3.37. The van der Waals surface area contributed by atoms with Crippen LogP contribution >= 0.6 is 24.0 Å². The monoisotopic (exact) mass is 531 g/mol. The highest BCUT2D eigenvalue weighted by Crippen LogP contribution is 2.14. The zero-order valence-electron chi connectivity index (χ0n) is 18.8. The molecule has 1 amide bonds. The largest absolute Gasteiger partial charge is 0.450 e. The molecule has 0 aromatic heterocycles. The van der Waals surface area contributed by atoms with Gasteiger partial charge in [-0.05, 0) is 57.2 Å². The van der Waals surface area contributed by atoms with Crippen LogP contribution in [0.15, 0.2) is 29.3 Å². The highest BCUT2D eigenvalue weighted by Gasteiger charge is 2.23. The molecule has 0 spiro atoms. The molecule has 2 N–H and O–H groups in total. The molecule has 0 aliphatic carbocycles. The Labute approximate surface area is 198 Å². The van der Waals surface area contributed by atoms with Crippen LogP contribution in [0.25, 0.3) is 0 Å². The number of nitrogens with one attached hydrogen (secondary N) is 2. The minimum absolute atomic E-state index is 0. The molecule has 2 rings (SSSR count). The van der Waals surface area contributed by atoms with E-state index in [-0.39, 0.29) is 30.1 Å². The second-order valence-electron chi connectivity index (χ2n) is 7.53. The number of anilines is 1. The van der Waals surface area contributed by atoms with E-state index in [2.05, 4.69) is 60.8 Å². The van der Waals surface area contributed by atoms with Crippen molar-refractivity contribution in [3.63, 3.8) is 0 Å². The summed E-state index contributed by atoms with van der Waals surface area (Å²) in [5, 5.41) is 6.85. The smallest absolute Gasteiger partial charge is 0.409 e. The average Bonchev–Trinajstić information content (AvgIpc) is 2.72. The summed E-state index contributed by atoms with van der Waals surface area (Å²) in [7, 11) is 4.11. The lowest BCUT2D eigenvalue weighted by Gasteiger charge is -2.32. The van der Waals surface area contributed by atoms with E-state index in [1.54, 1.807) is 4.90 Å². The number of ether oxygens (including phenoxy) is 1. The molecule has 1 fully saturated rings. The number of amides is 1. The molecular formula is C22H38IN5O2. The Kier molecular flexibility index (Phi) is 12.6. The Hall–Kier alpha value is -1.71. The van der Waals surface area contributed by atoms with Gasteiger partial charge in [-0.25, -0.2) is 4.79 Å². The Morgan fingerprint density at radius 1 is 1.20 bits per heavy atom. The minimum Gasteiger partial charge on any atom is -0.450 e. The van der Waals surface area contributed by atoms with Crippen molar-refractivity contribution in [1.82, 2.24) is 15.5 Å². The molecule has 170 valence electrons. The van der Waals surface area contributed by atoms with E-state index in [1.165, 1.54) is 11.3 Å². The third-order valence-corrected chi connectivity index (χ3v) is 5.05. The first kappa shape index (κ1) is 26.3. The maximum absolute atomic E-state index is 11.8. The molecule has 1 aromatic carbocycles. The quantitative estimate of drug-likeness (QED) is 0.233. The van der Waals surface area contributed by atoms with Crippen molar-refractivity contribution in [3.05, 3.63) is 29.8 Å². The van der Waals surface area contributed by atoms with Gasteiger partial charge in [-0.3, -0.25) is 4.99 Å². The molecule has 30 heavy (non-hydrogen) atoms. The molecule has 1 aromatic rings. The topological polar surface area (TPSA) is 69.2 Å². The molecule has 1 saturated heterocycles. The van der Waals surface area contributed by atoms with E-state index in [9.17, 15) is 4.79 Å². The number of rotatable bonds is 8. The Bertz CT molecular complexity index is 643. The average molecular weight is 531 g/mol. The fourth-order valence-corrected chi connectivity index (χ4v) is 3.37. The maximum Gasteiger partial charge on any atom is 0.409 e. The molecule has 1 aliphatic rings. The van der Waals surface area contributed by atoms with Gasteiger partial charge >= 0.3 is 6.09 Å². The first-order valence-electron chi connectivity index (χ1n) is 10.8. The lowest BCUT2D eigenvalue weighted by atomic mass is 10.1. The number of aliphatic imine (C=N–C) groups is 1. The number of carbonyl (C=O) groups is 1. The summed E-state index contributed by atoms with van der Waals surface area (Å²) in [6.07, 6.45) is 3.64. The summed E-state index contributed by atoms with van der Waals surface area (Å²) >= 11 is 0. The number of aryl methyl sites for hydroxylation is 1. The summed E-state index contributed by atoms with van der Waals surface area (Å²) in [5.41, 5.74) is 2.56. The summed E-state index contributed by atoms with van der Waals surface area (Å²) in [5.74, 6) is 0.866. The van der Waals surface area contributed by atoms with Crippen LogP contribution in [0.1, 0.15) is 38.7 Å². The van der Waals surface area contributed by atoms with Crippen LogP contribution in [-0.4, -0.2) is 69.9 Å². The van der Waals surface area contributed by atoms with Gasteiger partial charge in [-0.1, -0.05) is 12.1 Å². The maximum atomic E-state index is 11.8. The number of halogens is 1. The first-order chi connectivity index (χ1) is 14.0. The van der Waals surface area contributed by atoms with Crippen LogP contribution < -0.4 is 15.5 Å². The van der Waals surface area contributed by atoms with Crippen LogP contribution in [0.2, 0.25) is 0 Å².